The fourth-order valence-electron chi connectivity index (χ4n) is 2.68. The minimum atomic E-state index is -0.309. The molecule has 1 rings (SSSR count). The molecule has 0 bridgehead atoms. The molecule has 0 N–H and O–H groups in total. The average Bonchev–Trinajstić information content (AvgIpc) is 2.49. The zero-order valence-electron chi connectivity index (χ0n) is 13.7. The predicted molar refractivity (Wildman–Crippen MR) is 81.7 cm³/mol. The van der Waals surface area contributed by atoms with Gasteiger partial charge < -0.3 is 9.47 Å². The molecule has 0 aliphatic heterocycles. The molecule has 21 heavy (non-hydrogen) atoms. The summed E-state index contributed by atoms with van der Waals surface area (Å²) >= 11 is 0. The monoisotopic (exact) mass is 298 g/mol. The Morgan fingerprint density at radius 3 is 2.10 bits per heavy atom. The fraction of sp³-hybridized carbons (Fsp3) is 0.882. The smallest absolute Gasteiger partial charge is 0.309 e. The lowest BCUT2D eigenvalue weighted by molar-refractivity contribution is -0.163. The molecule has 2 unspecified atom stereocenters. The lowest BCUT2D eigenvalue weighted by Gasteiger charge is -2.28. The summed E-state index contributed by atoms with van der Waals surface area (Å²) in [6, 6.07) is 0. The van der Waals surface area contributed by atoms with Gasteiger partial charge in [-0.25, -0.2) is 0 Å². The van der Waals surface area contributed by atoms with E-state index in [4.69, 9.17) is 9.47 Å². The summed E-state index contributed by atoms with van der Waals surface area (Å²) in [5, 5.41) is 0. The van der Waals surface area contributed by atoms with E-state index in [1.807, 2.05) is 13.8 Å². The summed E-state index contributed by atoms with van der Waals surface area (Å²) in [6.07, 6.45) is 6.53. The number of esters is 2. The van der Waals surface area contributed by atoms with Gasteiger partial charge in [-0.05, 0) is 25.2 Å². The highest BCUT2D eigenvalue weighted by molar-refractivity contribution is 5.82. The molecule has 4 heteroatoms. The molecule has 1 saturated carbocycles. The highest BCUT2D eigenvalue weighted by Gasteiger charge is 2.37. The number of rotatable bonds is 8. The van der Waals surface area contributed by atoms with Crippen LogP contribution in [0.4, 0.5) is 0 Å². The van der Waals surface area contributed by atoms with Crippen LogP contribution in [0.3, 0.4) is 0 Å². The zero-order chi connectivity index (χ0) is 15.7. The number of carbonyl (C=O) groups excluding carboxylic acids is 2. The second-order valence-corrected chi connectivity index (χ2v) is 6.40. The molecule has 0 saturated heterocycles. The number of ether oxygens (including phenoxy) is 2. The van der Waals surface area contributed by atoms with Gasteiger partial charge in [0.1, 0.15) is 0 Å². The normalized spacial score (nSPS) is 22.1. The van der Waals surface area contributed by atoms with Gasteiger partial charge in [-0.3, -0.25) is 9.59 Å². The van der Waals surface area contributed by atoms with E-state index >= 15 is 0 Å². The molecule has 122 valence electrons. The molecular weight excluding hydrogens is 268 g/mol. The first kappa shape index (κ1) is 18.0. The van der Waals surface area contributed by atoms with Gasteiger partial charge in [0.2, 0.25) is 0 Å². The van der Waals surface area contributed by atoms with Crippen molar-refractivity contribution in [3.63, 3.8) is 0 Å². The van der Waals surface area contributed by atoms with Crippen molar-refractivity contribution in [1.82, 2.24) is 0 Å². The highest BCUT2D eigenvalue weighted by atomic mass is 16.5. The molecule has 0 aromatic heterocycles. The van der Waals surface area contributed by atoms with E-state index < -0.39 is 0 Å². The van der Waals surface area contributed by atoms with Crippen LogP contribution in [0.1, 0.15) is 65.7 Å². The third kappa shape index (κ3) is 6.49. The maximum Gasteiger partial charge on any atom is 0.309 e. The van der Waals surface area contributed by atoms with Crippen LogP contribution in [-0.4, -0.2) is 25.2 Å². The van der Waals surface area contributed by atoms with Crippen LogP contribution in [0.15, 0.2) is 0 Å². The van der Waals surface area contributed by atoms with E-state index in [0.717, 1.165) is 44.9 Å². The topological polar surface area (TPSA) is 52.6 Å². The maximum atomic E-state index is 12.2. The first-order valence-electron chi connectivity index (χ1n) is 8.39. The van der Waals surface area contributed by atoms with E-state index in [9.17, 15) is 9.59 Å². The minimum absolute atomic E-state index is 0.211. The summed E-state index contributed by atoms with van der Waals surface area (Å²) in [6.45, 7) is 7.02. The molecule has 1 fully saturated rings. The lowest BCUT2D eigenvalue weighted by Crippen LogP contribution is -2.35. The molecule has 2 atom stereocenters. The Labute approximate surface area is 128 Å². The molecule has 0 amide bonds. The Morgan fingerprint density at radius 2 is 1.57 bits per heavy atom. The van der Waals surface area contributed by atoms with E-state index in [1.165, 1.54) is 0 Å². The SMILES string of the molecule is CCCCCOC(=O)C1CCCCC1C(=O)OCC(C)C. The van der Waals surface area contributed by atoms with Crippen molar-refractivity contribution in [3.05, 3.63) is 0 Å². The van der Waals surface area contributed by atoms with Gasteiger partial charge >= 0.3 is 11.9 Å². The third-order valence-electron chi connectivity index (χ3n) is 3.92. The summed E-state index contributed by atoms with van der Waals surface area (Å²) < 4.78 is 10.7. The molecule has 0 radical (unpaired) electrons. The van der Waals surface area contributed by atoms with Crippen LogP contribution in [0, 0.1) is 17.8 Å². The molecule has 0 aromatic rings. The van der Waals surface area contributed by atoms with Crippen molar-refractivity contribution >= 4 is 11.9 Å². The van der Waals surface area contributed by atoms with Crippen LogP contribution in [0.5, 0.6) is 0 Å². The van der Waals surface area contributed by atoms with Crippen molar-refractivity contribution in [3.8, 4) is 0 Å². The maximum absolute atomic E-state index is 12.2. The predicted octanol–water partition coefficient (Wildman–Crippen LogP) is 3.73. The molecule has 1 aliphatic rings. The average molecular weight is 298 g/mol. The Hall–Kier alpha value is -1.06. The highest BCUT2D eigenvalue weighted by Crippen LogP contribution is 2.32. The third-order valence-corrected chi connectivity index (χ3v) is 3.92. The molecule has 0 heterocycles. The van der Waals surface area contributed by atoms with Gasteiger partial charge in [-0.1, -0.05) is 46.5 Å². The van der Waals surface area contributed by atoms with Gasteiger partial charge in [0.05, 0.1) is 25.0 Å². The lowest BCUT2D eigenvalue weighted by atomic mass is 9.79. The zero-order valence-corrected chi connectivity index (χ0v) is 13.7. The molecular formula is C17H30O4. The number of hydrogen-bond donors (Lipinski definition) is 0. The minimum Gasteiger partial charge on any atom is -0.465 e. The van der Waals surface area contributed by atoms with E-state index in [0.29, 0.717) is 19.1 Å². The summed E-state index contributed by atoms with van der Waals surface area (Å²) in [5.74, 6) is -0.732. The quantitative estimate of drug-likeness (QED) is 0.506. The number of unbranched alkanes of at least 4 members (excludes halogenated alkanes) is 2. The Morgan fingerprint density at radius 1 is 1.00 bits per heavy atom. The number of hydrogen-bond acceptors (Lipinski definition) is 4. The number of carbonyl (C=O) groups is 2. The van der Waals surface area contributed by atoms with Gasteiger partial charge in [0.15, 0.2) is 0 Å². The van der Waals surface area contributed by atoms with E-state index in [2.05, 4.69) is 6.92 Å². The van der Waals surface area contributed by atoms with Crippen LogP contribution >= 0.6 is 0 Å². The molecule has 4 nitrogen and oxygen atoms in total. The molecule has 0 aromatic carbocycles. The van der Waals surface area contributed by atoms with Crippen LogP contribution in [0.25, 0.3) is 0 Å². The van der Waals surface area contributed by atoms with Crippen LogP contribution in [0.2, 0.25) is 0 Å². The Kier molecular flexibility index (Phi) is 8.40. The Balaban J connectivity index is 2.47. The van der Waals surface area contributed by atoms with E-state index in [1.54, 1.807) is 0 Å². The molecule has 1 aliphatic carbocycles. The van der Waals surface area contributed by atoms with Crippen molar-refractivity contribution in [2.75, 3.05) is 13.2 Å². The van der Waals surface area contributed by atoms with Gasteiger partial charge in [0.25, 0.3) is 0 Å². The Bertz CT molecular complexity index is 325. The summed E-state index contributed by atoms with van der Waals surface area (Å²) in [7, 11) is 0. The van der Waals surface area contributed by atoms with Crippen molar-refractivity contribution in [1.29, 1.82) is 0 Å². The standard InChI is InChI=1S/C17H30O4/c1-4-5-8-11-20-16(18)14-9-6-7-10-15(14)17(19)21-12-13(2)3/h13-15H,4-12H2,1-3H3. The van der Waals surface area contributed by atoms with Gasteiger partial charge in [0, 0.05) is 0 Å². The van der Waals surface area contributed by atoms with Crippen molar-refractivity contribution in [2.24, 2.45) is 17.8 Å². The molecule has 0 spiro atoms. The second kappa shape index (κ2) is 9.80. The second-order valence-electron chi connectivity index (χ2n) is 6.40. The van der Waals surface area contributed by atoms with Gasteiger partial charge in [-0.2, -0.15) is 0 Å². The van der Waals surface area contributed by atoms with Crippen LogP contribution in [-0.2, 0) is 19.1 Å². The summed E-state index contributed by atoms with van der Waals surface area (Å²) in [4.78, 5) is 24.3. The van der Waals surface area contributed by atoms with Crippen molar-refractivity contribution in [2.45, 2.75) is 65.7 Å². The van der Waals surface area contributed by atoms with Crippen molar-refractivity contribution < 1.29 is 19.1 Å². The first-order valence-corrected chi connectivity index (χ1v) is 8.39. The summed E-state index contributed by atoms with van der Waals surface area (Å²) in [5.41, 5.74) is 0. The van der Waals surface area contributed by atoms with Crippen LogP contribution < -0.4 is 0 Å². The largest absolute Gasteiger partial charge is 0.465 e. The first-order chi connectivity index (χ1) is 10.1. The fourth-order valence-corrected chi connectivity index (χ4v) is 2.68. The van der Waals surface area contributed by atoms with Gasteiger partial charge in [-0.15, -0.1) is 0 Å². The van der Waals surface area contributed by atoms with E-state index in [-0.39, 0.29) is 23.8 Å².